The molecule has 1 N–H and O–H groups in total. The first kappa shape index (κ1) is 22.8. The molecule has 0 aliphatic carbocycles. The van der Waals surface area contributed by atoms with E-state index in [-0.39, 0.29) is 30.1 Å². The highest BCUT2D eigenvalue weighted by molar-refractivity contribution is 6.01. The van der Waals surface area contributed by atoms with Crippen LogP contribution in [-0.4, -0.2) is 64.5 Å². The van der Waals surface area contributed by atoms with Crippen LogP contribution in [0.4, 0.5) is 5.69 Å². The molecule has 0 unspecified atom stereocenters. The van der Waals surface area contributed by atoms with Crippen molar-refractivity contribution >= 4 is 17.6 Å². The van der Waals surface area contributed by atoms with Crippen LogP contribution in [0.15, 0.2) is 12.1 Å². The Bertz CT molecular complexity index is 744. The minimum Gasteiger partial charge on any atom is -0.490 e. The normalized spacial score (nSPS) is 10.2. The summed E-state index contributed by atoms with van der Waals surface area (Å²) in [5, 5.41) is 23.6. The molecule has 11 nitrogen and oxygen atoms in total. The monoisotopic (exact) mass is 395 g/mol. The predicted octanol–water partition coefficient (Wildman–Crippen LogP) is 0.511. The topological polar surface area (TPSA) is 150 Å². The van der Waals surface area contributed by atoms with Gasteiger partial charge in [-0.1, -0.05) is 0 Å². The van der Waals surface area contributed by atoms with Gasteiger partial charge in [-0.3, -0.25) is 19.7 Å². The second kappa shape index (κ2) is 11.5. The first-order chi connectivity index (χ1) is 13.4. The van der Waals surface area contributed by atoms with Gasteiger partial charge in [-0.05, 0) is 13.1 Å². The van der Waals surface area contributed by atoms with Crippen molar-refractivity contribution in [2.24, 2.45) is 0 Å². The van der Waals surface area contributed by atoms with E-state index >= 15 is 0 Å². The molecule has 0 aliphatic heterocycles. The van der Waals surface area contributed by atoms with E-state index in [0.717, 1.165) is 26.4 Å². The Morgan fingerprint density at radius 3 is 2.36 bits per heavy atom. The summed E-state index contributed by atoms with van der Waals surface area (Å²) in [7, 11) is 3.85. The van der Waals surface area contributed by atoms with E-state index in [4.69, 9.17) is 9.47 Å². The number of hydrogen-bond donors (Lipinski definition) is 1. The number of nitro groups is 1. The van der Waals surface area contributed by atoms with Gasteiger partial charge in [0.15, 0.2) is 5.92 Å². The Kier molecular flexibility index (Phi) is 9.35. The third-order valence-electron chi connectivity index (χ3n) is 3.61. The lowest BCUT2D eigenvalue weighted by Gasteiger charge is -2.15. The van der Waals surface area contributed by atoms with Gasteiger partial charge in [0, 0.05) is 12.6 Å². The maximum atomic E-state index is 12.0. The molecular formula is C17H21N3O8. The molecule has 0 spiro atoms. The lowest BCUT2D eigenvalue weighted by atomic mass is 9.95. The molecule has 0 atom stereocenters. The van der Waals surface area contributed by atoms with Crippen LogP contribution in [0, 0.1) is 21.4 Å². The predicted molar refractivity (Wildman–Crippen MR) is 94.8 cm³/mol. The summed E-state index contributed by atoms with van der Waals surface area (Å²) in [6.07, 6.45) is 0. The highest BCUT2D eigenvalue weighted by Crippen LogP contribution is 2.34. The quantitative estimate of drug-likeness (QED) is 0.184. The third-order valence-corrected chi connectivity index (χ3v) is 3.61. The van der Waals surface area contributed by atoms with E-state index in [1.54, 1.807) is 13.1 Å². The number of methoxy groups -OCH3 is 2. The molecule has 1 aromatic carbocycles. The number of esters is 2. The molecule has 0 amide bonds. The van der Waals surface area contributed by atoms with Crippen molar-refractivity contribution in [3.63, 3.8) is 0 Å². The van der Waals surface area contributed by atoms with Crippen molar-refractivity contribution in [2.45, 2.75) is 5.92 Å². The molecular weight excluding hydrogens is 374 g/mol. The Labute approximate surface area is 161 Å². The van der Waals surface area contributed by atoms with Crippen LogP contribution in [0.2, 0.25) is 0 Å². The van der Waals surface area contributed by atoms with Gasteiger partial charge < -0.3 is 24.3 Å². The zero-order chi connectivity index (χ0) is 21.1. The fraction of sp³-hybridized carbons (Fsp3) is 0.471. The van der Waals surface area contributed by atoms with Crippen LogP contribution in [-0.2, 0) is 23.8 Å². The van der Waals surface area contributed by atoms with Crippen LogP contribution in [0.25, 0.3) is 0 Å². The van der Waals surface area contributed by atoms with E-state index < -0.39 is 28.5 Å². The van der Waals surface area contributed by atoms with E-state index in [0.29, 0.717) is 13.2 Å². The standard InChI is InChI=1S/C17H21N3O8/c1-19-4-5-27-6-7-28-14-9-12(13(20(23)24)8-11(14)10-18)15(16(21)25-2)17(22)26-3/h8-9,15,19H,4-7H2,1-3H3. The SMILES string of the molecule is CNCCOCCOc1cc(C(C(=O)OC)C(=O)OC)c([N+](=O)[O-])cc1C#N. The van der Waals surface area contributed by atoms with E-state index in [1.807, 2.05) is 0 Å². The maximum Gasteiger partial charge on any atom is 0.324 e. The number of nitrogens with one attached hydrogen (secondary N) is 1. The second-order valence-electron chi connectivity index (χ2n) is 5.32. The molecule has 0 aromatic heterocycles. The highest BCUT2D eigenvalue weighted by atomic mass is 16.6. The first-order valence-corrected chi connectivity index (χ1v) is 8.14. The van der Waals surface area contributed by atoms with E-state index in [2.05, 4.69) is 14.8 Å². The summed E-state index contributed by atoms with van der Waals surface area (Å²) in [6.45, 7) is 1.35. The zero-order valence-electron chi connectivity index (χ0n) is 15.7. The molecule has 0 fully saturated rings. The molecule has 0 aliphatic rings. The molecule has 0 radical (unpaired) electrons. The number of hydrogen-bond acceptors (Lipinski definition) is 10. The van der Waals surface area contributed by atoms with Crippen LogP contribution in [0.3, 0.4) is 0 Å². The number of likely N-dealkylation sites (N-methyl/N-ethyl adjacent to an activating group) is 1. The lowest BCUT2D eigenvalue weighted by Crippen LogP contribution is -2.25. The number of ether oxygens (including phenoxy) is 4. The van der Waals surface area contributed by atoms with Crippen LogP contribution in [0.5, 0.6) is 5.75 Å². The Morgan fingerprint density at radius 2 is 1.86 bits per heavy atom. The number of nitriles is 1. The van der Waals surface area contributed by atoms with Crippen molar-refractivity contribution in [1.82, 2.24) is 5.32 Å². The number of carbonyl (C=O) groups excluding carboxylic acids is 2. The van der Waals surface area contributed by atoms with Crippen molar-refractivity contribution in [3.05, 3.63) is 33.4 Å². The highest BCUT2D eigenvalue weighted by Gasteiger charge is 2.37. The van der Waals surface area contributed by atoms with Gasteiger partial charge in [0.05, 0.1) is 37.9 Å². The molecule has 0 saturated carbocycles. The number of nitro benzene ring substituents is 1. The van der Waals surface area contributed by atoms with Crippen molar-refractivity contribution < 1.29 is 33.5 Å². The largest absolute Gasteiger partial charge is 0.490 e. The van der Waals surface area contributed by atoms with Crippen molar-refractivity contribution in [3.8, 4) is 11.8 Å². The van der Waals surface area contributed by atoms with E-state index in [9.17, 15) is 25.0 Å². The Hall–Kier alpha value is -3.23. The van der Waals surface area contributed by atoms with Gasteiger partial charge in [0.1, 0.15) is 24.0 Å². The minimum absolute atomic E-state index is 0.0295. The van der Waals surface area contributed by atoms with Crippen LogP contribution in [0.1, 0.15) is 17.0 Å². The average molecular weight is 395 g/mol. The smallest absolute Gasteiger partial charge is 0.324 e. The summed E-state index contributed by atoms with van der Waals surface area (Å²) >= 11 is 0. The molecule has 1 rings (SSSR count). The number of rotatable bonds is 11. The lowest BCUT2D eigenvalue weighted by molar-refractivity contribution is -0.385. The summed E-state index contributed by atoms with van der Waals surface area (Å²) in [5.41, 5.74) is -1.03. The molecule has 11 heteroatoms. The maximum absolute atomic E-state index is 12.0. The zero-order valence-corrected chi connectivity index (χ0v) is 15.7. The van der Waals surface area contributed by atoms with Gasteiger partial charge in [0.25, 0.3) is 5.69 Å². The fourth-order valence-corrected chi connectivity index (χ4v) is 2.25. The van der Waals surface area contributed by atoms with Crippen molar-refractivity contribution in [2.75, 3.05) is 47.6 Å². The molecule has 28 heavy (non-hydrogen) atoms. The van der Waals surface area contributed by atoms with Crippen LogP contribution >= 0.6 is 0 Å². The van der Waals surface area contributed by atoms with Crippen molar-refractivity contribution in [1.29, 1.82) is 5.26 Å². The van der Waals surface area contributed by atoms with Gasteiger partial charge in [-0.15, -0.1) is 0 Å². The molecule has 1 aromatic rings. The third kappa shape index (κ3) is 5.90. The summed E-state index contributed by atoms with van der Waals surface area (Å²) in [5.74, 6) is -3.81. The Morgan fingerprint density at radius 1 is 1.21 bits per heavy atom. The summed E-state index contributed by atoms with van der Waals surface area (Å²) in [6, 6.07) is 3.83. The number of carbonyl (C=O) groups is 2. The molecule has 0 bridgehead atoms. The number of nitrogens with zero attached hydrogens (tertiary/aromatic N) is 2. The van der Waals surface area contributed by atoms with Gasteiger partial charge in [0.2, 0.25) is 0 Å². The fourth-order valence-electron chi connectivity index (χ4n) is 2.25. The Balaban J connectivity index is 3.26. The van der Waals surface area contributed by atoms with Crippen LogP contribution < -0.4 is 10.1 Å². The summed E-state index contributed by atoms with van der Waals surface area (Å²) in [4.78, 5) is 34.7. The molecule has 152 valence electrons. The first-order valence-electron chi connectivity index (χ1n) is 8.14. The van der Waals surface area contributed by atoms with Gasteiger partial charge in [-0.25, -0.2) is 0 Å². The second-order valence-corrected chi connectivity index (χ2v) is 5.32. The van der Waals surface area contributed by atoms with Gasteiger partial charge >= 0.3 is 11.9 Å². The van der Waals surface area contributed by atoms with Gasteiger partial charge in [-0.2, -0.15) is 5.26 Å². The van der Waals surface area contributed by atoms with E-state index in [1.165, 1.54) is 0 Å². The number of benzene rings is 1. The molecule has 0 heterocycles. The summed E-state index contributed by atoms with van der Waals surface area (Å²) < 4.78 is 19.9. The minimum atomic E-state index is -1.70. The average Bonchev–Trinajstić information content (AvgIpc) is 2.70. The molecule has 0 saturated heterocycles.